The number of unbranched alkanes of at least 4 members (excludes halogenated alkanes) is 4. The van der Waals surface area contributed by atoms with Crippen LogP contribution in [-0.4, -0.2) is 188 Å². The van der Waals surface area contributed by atoms with Crippen molar-refractivity contribution in [2.24, 2.45) is 34.6 Å². The van der Waals surface area contributed by atoms with Crippen molar-refractivity contribution in [1.82, 2.24) is 58.5 Å². The fraction of sp³-hybridized carbons (Fsp3) is 0.685. The van der Waals surface area contributed by atoms with Crippen molar-refractivity contribution in [2.75, 3.05) is 45.9 Å². The van der Waals surface area contributed by atoms with Gasteiger partial charge in [-0.2, -0.15) is 0 Å². The summed E-state index contributed by atoms with van der Waals surface area (Å²) in [6, 6.07) is -6.15. The van der Waals surface area contributed by atoms with Gasteiger partial charge in [0.2, 0.25) is 65.0 Å². The lowest BCUT2D eigenvalue weighted by atomic mass is 10.00. The van der Waals surface area contributed by atoms with Gasteiger partial charge in [-0.15, -0.1) is 0 Å². The molecular formula is C54H94N16O13. The van der Waals surface area contributed by atoms with E-state index in [9.17, 15) is 63.0 Å². The lowest BCUT2D eigenvalue weighted by Gasteiger charge is -2.28. The molecule has 0 aromatic heterocycles. The van der Waals surface area contributed by atoms with Gasteiger partial charge in [0.1, 0.15) is 60.4 Å². The normalized spacial score (nSPS) is 22.4. The molecular weight excluding hydrogens is 1080 g/mol. The van der Waals surface area contributed by atoms with Crippen LogP contribution in [0, 0.1) is 5.92 Å². The number of carbonyl (C=O) groups excluding carboxylic acids is 11. The summed E-state index contributed by atoms with van der Waals surface area (Å²) in [7, 11) is 0. The topological polar surface area (TPSA) is 491 Å². The fourth-order valence-corrected chi connectivity index (χ4v) is 8.85. The van der Waals surface area contributed by atoms with Gasteiger partial charge in [-0.25, -0.2) is 0 Å². The molecule has 0 aliphatic carbocycles. The highest BCUT2D eigenvalue weighted by molar-refractivity contribution is 5.99. The Morgan fingerprint density at radius 3 is 1.55 bits per heavy atom. The first kappa shape index (κ1) is 72.2. The summed E-state index contributed by atoms with van der Waals surface area (Å²) >= 11 is 0. The largest absolute Gasteiger partial charge is 0.394 e. The van der Waals surface area contributed by atoms with Gasteiger partial charge in [-0.1, -0.05) is 76.8 Å². The minimum Gasteiger partial charge on any atom is -0.394 e. The zero-order valence-electron chi connectivity index (χ0n) is 48.4. The Labute approximate surface area is 485 Å². The second kappa shape index (κ2) is 39.6. The van der Waals surface area contributed by atoms with Crippen LogP contribution in [0.1, 0.15) is 117 Å². The SMILES string of the molecule is CCCCCCCC(=O)N[C@@H](CCN)C(=O)N[C@@H](CO)C(=O)N[C@@H](CCN)C(=O)N[C@H]1CCNC(=O)[C@H]([C@@H](C)O)NC(=O)[C@H](CCN)NC(=O)[C@H](CCN)NC(=O)[C@H](CC(C)C)NC(=O)[C@@H](Cc2ccccc2)NC(=O)[C@H](CCN)NC1=O. The molecule has 23 N–H and O–H groups in total. The molecule has 1 aliphatic heterocycles. The first-order chi connectivity index (χ1) is 39.6. The van der Waals surface area contributed by atoms with Gasteiger partial charge in [0.25, 0.3) is 0 Å². The molecule has 0 radical (unpaired) electrons. The van der Waals surface area contributed by atoms with E-state index < -0.39 is 151 Å². The predicted octanol–water partition coefficient (Wildman–Crippen LogP) is -5.88. The Kier molecular flexibility index (Phi) is 34.4. The van der Waals surface area contributed by atoms with Crippen LogP contribution in [0.5, 0.6) is 0 Å². The number of amides is 11. The van der Waals surface area contributed by atoms with Crippen molar-refractivity contribution < 1.29 is 63.0 Å². The minimum atomic E-state index is -1.68. The summed E-state index contributed by atoms with van der Waals surface area (Å²) < 4.78 is 0. The van der Waals surface area contributed by atoms with Gasteiger partial charge in [-0.3, -0.25) is 52.7 Å². The van der Waals surface area contributed by atoms with Crippen LogP contribution in [-0.2, 0) is 59.2 Å². The number of nitrogens with two attached hydrogens (primary N) is 5. The zero-order valence-corrected chi connectivity index (χ0v) is 48.4. The molecule has 1 aromatic rings. The molecule has 11 amide bonds. The third-order valence-electron chi connectivity index (χ3n) is 13.5. The standard InChI is InChI=1S/C54H94N16O13/c1-5-6-7-8-12-15-43(73)61-34(16-22-55)45(74)69-42(30-71)53(82)65-36(18-24-57)47(76)66-39-21-27-60-54(83)44(32(4)72)70-50(79)38(20-26-59)63-46(75)35(17-23-56)64-51(80)40(28-31(2)3)67-52(81)41(29-33-13-10-9-11-14-33)68-48(77)37(19-25-58)62-49(39)78/h9-11,13-14,31-32,34-42,44,71-72H,5-8,12,15-30,55-59H2,1-4H3,(H,60,83)(H,61,73)(H,62,78)(H,63,75)(H,64,80)(H,65,82)(H,66,76)(H,67,81)(H,68,77)(H,69,74)(H,70,79)/t32-,34+,35+,36+,37+,38+,39+,40+,41-,42+,44+/m1/s1. The maximum absolute atomic E-state index is 14.5. The van der Waals surface area contributed by atoms with E-state index in [0.29, 0.717) is 12.0 Å². The lowest BCUT2D eigenvalue weighted by molar-refractivity contribution is -0.136. The van der Waals surface area contributed by atoms with Crippen LogP contribution in [0.25, 0.3) is 0 Å². The molecule has 1 heterocycles. The molecule has 0 spiro atoms. The number of rotatable bonds is 29. The molecule has 0 unspecified atom stereocenters. The van der Waals surface area contributed by atoms with Crippen molar-refractivity contribution in [3.63, 3.8) is 0 Å². The van der Waals surface area contributed by atoms with E-state index in [1.807, 2.05) is 0 Å². The van der Waals surface area contributed by atoms with Gasteiger partial charge >= 0.3 is 0 Å². The Bertz CT molecular complexity index is 2250. The van der Waals surface area contributed by atoms with Gasteiger partial charge in [0.15, 0.2) is 0 Å². The number of benzene rings is 1. The minimum absolute atomic E-state index is 0.00877. The Hall–Kier alpha value is -6.89. The fourth-order valence-electron chi connectivity index (χ4n) is 8.85. The molecule has 0 bridgehead atoms. The molecule has 29 nitrogen and oxygen atoms in total. The van der Waals surface area contributed by atoms with Crippen molar-refractivity contribution in [3.8, 4) is 0 Å². The van der Waals surface area contributed by atoms with Crippen LogP contribution in [0.3, 0.4) is 0 Å². The van der Waals surface area contributed by atoms with E-state index in [0.717, 1.165) is 25.7 Å². The summed E-state index contributed by atoms with van der Waals surface area (Å²) in [5.74, 6) is -9.92. The molecule has 11 atom stereocenters. The smallest absolute Gasteiger partial charge is 0.245 e. The predicted molar refractivity (Wildman–Crippen MR) is 307 cm³/mol. The lowest BCUT2D eigenvalue weighted by Crippen LogP contribution is -2.61. The summed E-state index contributed by atoms with van der Waals surface area (Å²) in [4.78, 5) is 153. The highest BCUT2D eigenvalue weighted by Gasteiger charge is 2.37. The third kappa shape index (κ3) is 26.5. The van der Waals surface area contributed by atoms with Crippen molar-refractivity contribution in [1.29, 1.82) is 0 Å². The second-order valence-corrected chi connectivity index (χ2v) is 21.0. The number of carbonyl (C=O) groups is 11. The van der Waals surface area contributed by atoms with Crippen LogP contribution >= 0.6 is 0 Å². The average Bonchev–Trinajstić information content (AvgIpc) is 3.53. The van der Waals surface area contributed by atoms with Crippen molar-refractivity contribution in [3.05, 3.63) is 35.9 Å². The molecule has 83 heavy (non-hydrogen) atoms. The second-order valence-electron chi connectivity index (χ2n) is 21.0. The Morgan fingerprint density at radius 2 is 1.04 bits per heavy atom. The third-order valence-corrected chi connectivity index (χ3v) is 13.5. The highest BCUT2D eigenvalue weighted by atomic mass is 16.3. The Balaban J connectivity index is 2.66. The molecule has 1 aliphatic rings. The van der Waals surface area contributed by atoms with Crippen molar-refractivity contribution in [2.45, 2.75) is 184 Å². The zero-order chi connectivity index (χ0) is 62.0. The summed E-state index contributed by atoms with van der Waals surface area (Å²) in [5, 5.41) is 49.0. The van der Waals surface area contributed by atoms with E-state index in [1.54, 1.807) is 44.2 Å². The van der Waals surface area contributed by atoms with E-state index in [1.165, 1.54) is 6.92 Å². The van der Waals surface area contributed by atoms with E-state index in [-0.39, 0.29) is 90.0 Å². The molecule has 29 heteroatoms. The highest BCUT2D eigenvalue weighted by Crippen LogP contribution is 2.12. The molecule has 0 saturated carbocycles. The van der Waals surface area contributed by atoms with Crippen LogP contribution in [0.4, 0.5) is 0 Å². The maximum Gasteiger partial charge on any atom is 0.245 e. The summed E-state index contributed by atoms with van der Waals surface area (Å²) in [6.45, 7) is 4.72. The number of aliphatic hydroxyl groups is 2. The van der Waals surface area contributed by atoms with E-state index in [4.69, 9.17) is 28.7 Å². The number of hydrogen-bond donors (Lipinski definition) is 18. The summed E-state index contributed by atoms with van der Waals surface area (Å²) in [6.07, 6.45) is 1.63. The maximum atomic E-state index is 14.5. The molecule has 1 saturated heterocycles. The molecule has 1 aromatic carbocycles. The van der Waals surface area contributed by atoms with Gasteiger partial charge in [-0.05, 0) is 102 Å². The average molecular weight is 1180 g/mol. The van der Waals surface area contributed by atoms with Crippen LogP contribution < -0.4 is 87.2 Å². The summed E-state index contributed by atoms with van der Waals surface area (Å²) in [5.41, 5.74) is 29.8. The first-order valence-corrected chi connectivity index (χ1v) is 28.7. The Morgan fingerprint density at radius 1 is 0.566 bits per heavy atom. The van der Waals surface area contributed by atoms with Crippen LogP contribution in [0.15, 0.2) is 30.3 Å². The monoisotopic (exact) mass is 1170 g/mol. The van der Waals surface area contributed by atoms with Gasteiger partial charge in [0.05, 0.1) is 12.7 Å². The number of nitrogens with one attached hydrogen (secondary N) is 11. The van der Waals surface area contributed by atoms with Gasteiger partial charge in [0, 0.05) is 19.4 Å². The van der Waals surface area contributed by atoms with Crippen LogP contribution in [0.2, 0.25) is 0 Å². The number of aliphatic hydroxyl groups excluding tert-OH is 2. The molecule has 468 valence electrons. The van der Waals surface area contributed by atoms with E-state index in [2.05, 4.69) is 65.4 Å². The quantitative estimate of drug-likeness (QED) is 0.0332. The van der Waals surface area contributed by atoms with Crippen molar-refractivity contribution >= 4 is 65.0 Å². The van der Waals surface area contributed by atoms with E-state index >= 15 is 0 Å². The first-order valence-electron chi connectivity index (χ1n) is 28.7. The molecule has 1 fully saturated rings. The molecule has 2 rings (SSSR count). The van der Waals surface area contributed by atoms with Gasteiger partial charge < -0.3 is 97.4 Å². The number of hydrogen-bond acceptors (Lipinski definition) is 18.